The van der Waals surface area contributed by atoms with Gasteiger partial charge in [-0.05, 0) is 36.8 Å². The molecule has 0 saturated heterocycles. The number of hydrogen-bond acceptors (Lipinski definition) is 6. The lowest BCUT2D eigenvalue weighted by molar-refractivity contribution is -0.120. The van der Waals surface area contributed by atoms with Gasteiger partial charge in [0.05, 0.1) is 11.1 Å². The number of nitrogens with one attached hydrogen (secondary N) is 2. The Morgan fingerprint density at radius 1 is 1.10 bits per heavy atom. The maximum Gasteiger partial charge on any atom is 0.259 e. The van der Waals surface area contributed by atoms with Crippen LogP contribution >= 0.6 is 34.9 Å². The summed E-state index contributed by atoms with van der Waals surface area (Å²) in [6.45, 7) is 0.690. The number of H-pyrrole nitrogens is 1. The molecule has 5 nitrogen and oxygen atoms in total. The van der Waals surface area contributed by atoms with Crippen molar-refractivity contribution in [1.29, 1.82) is 0 Å². The first-order chi connectivity index (χ1) is 15.2. The number of benzene rings is 1. The van der Waals surface area contributed by atoms with Gasteiger partial charge in [0, 0.05) is 35.1 Å². The third-order valence-electron chi connectivity index (χ3n) is 5.27. The number of thiophene rings is 1. The predicted octanol–water partition coefficient (Wildman–Crippen LogP) is 4.54. The molecule has 0 saturated carbocycles. The normalized spacial score (nSPS) is 13.3. The minimum Gasteiger partial charge on any atom is -0.355 e. The zero-order valence-electron chi connectivity index (χ0n) is 17.4. The Balaban J connectivity index is 1.15. The SMILES string of the molecule is O=C(CCSCc1nc2sc3c(c2c(=O)[nH]1)CCCC3)NCCSCc1ccccc1. The Bertz CT molecular complexity index is 1080. The van der Waals surface area contributed by atoms with Gasteiger partial charge < -0.3 is 10.3 Å². The maximum absolute atomic E-state index is 12.6. The molecule has 2 aromatic heterocycles. The second kappa shape index (κ2) is 11.2. The van der Waals surface area contributed by atoms with Crippen molar-refractivity contribution in [3.05, 3.63) is 62.5 Å². The van der Waals surface area contributed by atoms with Crippen molar-refractivity contribution in [2.45, 2.75) is 43.6 Å². The Morgan fingerprint density at radius 3 is 2.77 bits per heavy atom. The molecule has 0 fully saturated rings. The highest BCUT2D eigenvalue weighted by Crippen LogP contribution is 2.33. The Morgan fingerprint density at radius 2 is 1.90 bits per heavy atom. The number of fused-ring (bicyclic) bond motifs is 3. The van der Waals surface area contributed by atoms with Gasteiger partial charge in [-0.1, -0.05) is 30.3 Å². The molecule has 1 amide bonds. The zero-order chi connectivity index (χ0) is 21.5. The van der Waals surface area contributed by atoms with Crippen LogP contribution in [0.4, 0.5) is 0 Å². The average molecular weight is 474 g/mol. The number of thioether (sulfide) groups is 2. The fraction of sp³-hybridized carbons (Fsp3) is 0.435. The third-order valence-corrected chi connectivity index (χ3v) is 8.45. The van der Waals surface area contributed by atoms with Crippen molar-refractivity contribution in [1.82, 2.24) is 15.3 Å². The van der Waals surface area contributed by atoms with Crippen molar-refractivity contribution in [3.8, 4) is 0 Å². The zero-order valence-corrected chi connectivity index (χ0v) is 19.9. The molecule has 31 heavy (non-hydrogen) atoms. The smallest absolute Gasteiger partial charge is 0.259 e. The molecule has 4 rings (SSSR count). The van der Waals surface area contributed by atoms with E-state index in [1.54, 1.807) is 23.1 Å². The number of aromatic amines is 1. The summed E-state index contributed by atoms with van der Waals surface area (Å²) < 4.78 is 0. The Labute approximate surface area is 194 Å². The van der Waals surface area contributed by atoms with Crippen LogP contribution in [-0.4, -0.2) is 33.9 Å². The van der Waals surface area contributed by atoms with Gasteiger partial charge in [0.25, 0.3) is 5.56 Å². The molecule has 1 aliphatic carbocycles. The molecule has 0 unspecified atom stereocenters. The van der Waals surface area contributed by atoms with E-state index in [1.165, 1.54) is 22.4 Å². The minimum absolute atomic E-state index is 0.00857. The summed E-state index contributed by atoms with van der Waals surface area (Å²) in [6.07, 6.45) is 4.90. The summed E-state index contributed by atoms with van der Waals surface area (Å²) in [4.78, 5) is 34.4. The van der Waals surface area contributed by atoms with Gasteiger partial charge in [0.2, 0.25) is 5.91 Å². The molecule has 0 bridgehead atoms. The fourth-order valence-electron chi connectivity index (χ4n) is 3.73. The van der Waals surface area contributed by atoms with Crippen molar-refractivity contribution >= 4 is 51.0 Å². The molecule has 3 aromatic rings. The summed E-state index contributed by atoms with van der Waals surface area (Å²) in [5.74, 6) is 3.99. The second-order valence-electron chi connectivity index (χ2n) is 7.59. The Kier molecular flexibility index (Phi) is 8.10. The summed E-state index contributed by atoms with van der Waals surface area (Å²) in [7, 11) is 0. The van der Waals surface area contributed by atoms with Crippen molar-refractivity contribution < 1.29 is 4.79 Å². The van der Waals surface area contributed by atoms with E-state index in [2.05, 4.69) is 22.4 Å². The standard InChI is InChI=1S/C23H27N3O2S3/c27-20(24-11-13-30-14-16-6-2-1-3-7-16)10-12-29-15-19-25-22(28)21-17-8-4-5-9-18(17)31-23(21)26-19/h1-3,6-7H,4-5,8-15H2,(H,24,27)(H,25,26,28). The molecule has 2 heterocycles. The number of aryl methyl sites for hydroxylation is 2. The second-order valence-corrected chi connectivity index (χ2v) is 10.9. The van der Waals surface area contributed by atoms with Gasteiger partial charge in [-0.2, -0.15) is 23.5 Å². The van der Waals surface area contributed by atoms with E-state index in [4.69, 9.17) is 4.98 Å². The van der Waals surface area contributed by atoms with Gasteiger partial charge in [0.1, 0.15) is 10.7 Å². The lowest BCUT2D eigenvalue weighted by atomic mass is 9.97. The molecule has 164 valence electrons. The third kappa shape index (κ3) is 6.14. The quantitative estimate of drug-likeness (QED) is 0.423. The van der Waals surface area contributed by atoms with Gasteiger partial charge in [-0.25, -0.2) is 4.98 Å². The molecular formula is C23H27N3O2S3. The van der Waals surface area contributed by atoms with E-state index in [-0.39, 0.29) is 11.5 Å². The molecular weight excluding hydrogens is 446 g/mol. The Hall–Kier alpha value is -1.77. The van der Waals surface area contributed by atoms with Crippen molar-refractivity contribution in [3.63, 3.8) is 0 Å². The number of aromatic nitrogens is 2. The van der Waals surface area contributed by atoms with Crippen LogP contribution < -0.4 is 10.9 Å². The number of carbonyl (C=O) groups excluding carboxylic acids is 1. The van der Waals surface area contributed by atoms with Crippen LogP contribution in [-0.2, 0) is 29.1 Å². The lowest BCUT2D eigenvalue weighted by Gasteiger charge is -2.09. The number of carbonyl (C=O) groups is 1. The van der Waals surface area contributed by atoms with Crippen molar-refractivity contribution in [2.75, 3.05) is 18.1 Å². The van der Waals surface area contributed by atoms with Crippen molar-refractivity contribution in [2.24, 2.45) is 0 Å². The van der Waals surface area contributed by atoms with Crippen LogP contribution in [0, 0.1) is 0 Å². The minimum atomic E-state index is -0.00857. The first-order valence-electron chi connectivity index (χ1n) is 10.7. The summed E-state index contributed by atoms with van der Waals surface area (Å²) in [5, 5.41) is 3.79. The number of amides is 1. The van der Waals surface area contributed by atoms with Gasteiger partial charge in [-0.3, -0.25) is 9.59 Å². The predicted molar refractivity (Wildman–Crippen MR) is 133 cm³/mol. The first-order valence-corrected chi connectivity index (χ1v) is 13.8. The van der Waals surface area contributed by atoms with E-state index in [9.17, 15) is 9.59 Å². The van der Waals surface area contributed by atoms with Gasteiger partial charge >= 0.3 is 0 Å². The monoisotopic (exact) mass is 473 g/mol. The number of nitrogens with zero attached hydrogens (tertiary/aromatic N) is 1. The summed E-state index contributed by atoms with van der Waals surface area (Å²) in [6, 6.07) is 10.4. The van der Waals surface area contributed by atoms with Gasteiger partial charge in [0.15, 0.2) is 0 Å². The molecule has 8 heteroatoms. The molecule has 0 radical (unpaired) electrons. The molecule has 2 N–H and O–H groups in total. The van der Waals surface area contributed by atoms with Crippen LogP contribution in [0.2, 0.25) is 0 Å². The largest absolute Gasteiger partial charge is 0.355 e. The molecule has 0 atom stereocenters. The fourth-order valence-corrected chi connectivity index (χ4v) is 6.63. The molecule has 0 spiro atoms. The van der Waals surface area contributed by atoms with Crippen LogP contribution in [0.5, 0.6) is 0 Å². The highest BCUT2D eigenvalue weighted by Gasteiger charge is 2.19. The van der Waals surface area contributed by atoms with E-state index in [1.807, 2.05) is 30.0 Å². The van der Waals surface area contributed by atoms with E-state index in [0.717, 1.165) is 41.0 Å². The highest BCUT2D eigenvalue weighted by atomic mass is 32.2. The lowest BCUT2D eigenvalue weighted by Crippen LogP contribution is -2.26. The maximum atomic E-state index is 12.6. The van der Waals surface area contributed by atoms with Crippen LogP contribution in [0.1, 0.15) is 41.1 Å². The van der Waals surface area contributed by atoms with Gasteiger partial charge in [-0.15, -0.1) is 11.3 Å². The summed E-state index contributed by atoms with van der Waals surface area (Å²) >= 11 is 5.14. The highest BCUT2D eigenvalue weighted by molar-refractivity contribution is 7.98. The van der Waals surface area contributed by atoms with Crippen LogP contribution in [0.3, 0.4) is 0 Å². The molecule has 0 aliphatic heterocycles. The van der Waals surface area contributed by atoms with E-state index in [0.29, 0.717) is 30.3 Å². The molecule has 1 aromatic carbocycles. The van der Waals surface area contributed by atoms with E-state index < -0.39 is 0 Å². The van der Waals surface area contributed by atoms with E-state index >= 15 is 0 Å². The number of rotatable bonds is 10. The first kappa shape index (κ1) is 22.4. The topological polar surface area (TPSA) is 74.8 Å². The molecule has 1 aliphatic rings. The number of hydrogen-bond donors (Lipinski definition) is 2. The van der Waals surface area contributed by atoms with Crippen LogP contribution in [0.15, 0.2) is 35.1 Å². The van der Waals surface area contributed by atoms with Crippen LogP contribution in [0.25, 0.3) is 10.2 Å². The average Bonchev–Trinajstić information content (AvgIpc) is 3.16. The summed E-state index contributed by atoms with van der Waals surface area (Å²) in [5.41, 5.74) is 2.52.